The number of aryl methyl sites for hydroxylation is 2. The number of nitrogen functional groups attached to an aromatic ring is 1. The van der Waals surface area contributed by atoms with Crippen LogP contribution in [0.5, 0.6) is 5.75 Å². The summed E-state index contributed by atoms with van der Waals surface area (Å²) in [7, 11) is 0. The molecule has 0 fully saturated rings. The van der Waals surface area contributed by atoms with Crippen molar-refractivity contribution in [3.63, 3.8) is 0 Å². The topological polar surface area (TPSA) is 35.2 Å². The third-order valence-corrected chi connectivity index (χ3v) is 1.93. The van der Waals surface area contributed by atoms with Gasteiger partial charge in [-0.05, 0) is 37.1 Å². The first-order valence-corrected chi connectivity index (χ1v) is 4.28. The van der Waals surface area contributed by atoms with E-state index >= 15 is 0 Å². The van der Waals surface area contributed by atoms with Crippen molar-refractivity contribution in [1.29, 1.82) is 0 Å². The SMILES string of the molecule is Cc1cc(OCC(F)F)c(C)cc1N. The van der Waals surface area contributed by atoms with Gasteiger partial charge in [0.1, 0.15) is 12.4 Å². The van der Waals surface area contributed by atoms with Gasteiger partial charge in [0.25, 0.3) is 6.43 Å². The molecule has 0 radical (unpaired) electrons. The van der Waals surface area contributed by atoms with Gasteiger partial charge in [0.2, 0.25) is 0 Å². The van der Waals surface area contributed by atoms with Crippen LogP contribution < -0.4 is 10.5 Å². The van der Waals surface area contributed by atoms with Gasteiger partial charge in [-0.1, -0.05) is 0 Å². The van der Waals surface area contributed by atoms with E-state index in [-0.39, 0.29) is 0 Å². The number of rotatable bonds is 3. The van der Waals surface area contributed by atoms with Crippen LogP contribution in [0.3, 0.4) is 0 Å². The number of halogens is 2. The smallest absolute Gasteiger partial charge is 0.272 e. The lowest BCUT2D eigenvalue weighted by Gasteiger charge is -2.10. The molecule has 0 saturated carbocycles. The summed E-state index contributed by atoms with van der Waals surface area (Å²) in [6.07, 6.45) is -2.45. The van der Waals surface area contributed by atoms with Gasteiger partial charge in [-0.2, -0.15) is 0 Å². The minimum Gasteiger partial charge on any atom is -0.487 e. The average molecular weight is 201 g/mol. The highest BCUT2D eigenvalue weighted by molar-refractivity contribution is 5.53. The van der Waals surface area contributed by atoms with Crippen molar-refractivity contribution in [2.75, 3.05) is 12.3 Å². The van der Waals surface area contributed by atoms with Crippen molar-refractivity contribution in [2.24, 2.45) is 0 Å². The van der Waals surface area contributed by atoms with E-state index in [9.17, 15) is 8.78 Å². The minimum absolute atomic E-state index is 0.469. The van der Waals surface area contributed by atoms with E-state index in [1.54, 1.807) is 19.1 Å². The van der Waals surface area contributed by atoms with Crippen molar-refractivity contribution in [3.8, 4) is 5.75 Å². The monoisotopic (exact) mass is 201 g/mol. The van der Waals surface area contributed by atoms with Gasteiger partial charge < -0.3 is 10.5 Å². The zero-order valence-electron chi connectivity index (χ0n) is 8.18. The molecule has 0 atom stereocenters. The van der Waals surface area contributed by atoms with Crippen molar-refractivity contribution in [1.82, 2.24) is 0 Å². The summed E-state index contributed by atoms with van der Waals surface area (Å²) in [5, 5.41) is 0. The molecule has 14 heavy (non-hydrogen) atoms. The quantitative estimate of drug-likeness (QED) is 0.762. The van der Waals surface area contributed by atoms with E-state index in [1.807, 2.05) is 6.92 Å². The second-order valence-electron chi connectivity index (χ2n) is 3.18. The van der Waals surface area contributed by atoms with E-state index in [2.05, 4.69) is 0 Å². The van der Waals surface area contributed by atoms with E-state index in [0.29, 0.717) is 11.4 Å². The third-order valence-electron chi connectivity index (χ3n) is 1.93. The molecule has 78 valence electrons. The lowest BCUT2D eigenvalue weighted by Crippen LogP contribution is -2.08. The summed E-state index contributed by atoms with van der Waals surface area (Å²) in [6, 6.07) is 3.39. The molecule has 0 aliphatic carbocycles. The standard InChI is InChI=1S/C10H13F2NO/c1-6-4-9(14-5-10(11)12)7(2)3-8(6)13/h3-4,10H,5,13H2,1-2H3. The van der Waals surface area contributed by atoms with Crippen LogP contribution in [-0.2, 0) is 0 Å². The van der Waals surface area contributed by atoms with Gasteiger partial charge in [-0.3, -0.25) is 0 Å². The molecule has 0 unspecified atom stereocenters. The molecular weight excluding hydrogens is 188 g/mol. The molecule has 1 aromatic rings. The van der Waals surface area contributed by atoms with Crippen LogP contribution in [-0.4, -0.2) is 13.0 Å². The molecule has 0 bridgehead atoms. The summed E-state index contributed by atoms with van der Waals surface area (Å²) < 4.78 is 28.7. The second kappa shape index (κ2) is 4.26. The van der Waals surface area contributed by atoms with Crippen molar-refractivity contribution < 1.29 is 13.5 Å². The Hall–Kier alpha value is -1.32. The molecule has 1 rings (SSSR count). The fourth-order valence-electron chi connectivity index (χ4n) is 1.12. The van der Waals surface area contributed by atoms with Gasteiger partial charge in [0.15, 0.2) is 0 Å². The van der Waals surface area contributed by atoms with Crippen LogP contribution in [0.15, 0.2) is 12.1 Å². The van der Waals surface area contributed by atoms with Crippen LogP contribution in [0, 0.1) is 13.8 Å². The zero-order chi connectivity index (χ0) is 10.7. The molecular formula is C10H13F2NO. The largest absolute Gasteiger partial charge is 0.487 e. The Labute approximate surface area is 81.7 Å². The molecule has 0 saturated heterocycles. The van der Waals surface area contributed by atoms with Crippen LogP contribution >= 0.6 is 0 Å². The first-order chi connectivity index (χ1) is 6.50. The van der Waals surface area contributed by atoms with Crippen molar-refractivity contribution in [3.05, 3.63) is 23.3 Å². The molecule has 2 N–H and O–H groups in total. The van der Waals surface area contributed by atoms with E-state index in [4.69, 9.17) is 10.5 Å². The fourth-order valence-corrected chi connectivity index (χ4v) is 1.12. The highest BCUT2D eigenvalue weighted by atomic mass is 19.3. The maximum absolute atomic E-state index is 11.9. The predicted molar refractivity (Wildman–Crippen MR) is 51.8 cm³/mol. The lowest BCUT2D eigenvalue weighted by molar-refractivity contribution is 0.0815. The second-order valence-corrected chi connectivity index (χ2v) is 3.18. The number of anilines is 1. The van der Waals surface area contributed by atoms with Gasteiger partial charge in [-0.25, -0.2) is 8.78 Å². The Morgan fingerprint density at radius 3 is 2.50 bits per heavy atom. The molecule has 0 spiro atoms. The summed E-state index contributed by atoms with van der Waals surface area (Å²) >= 11 is 0. The Morgan fingerprint density at radius 2 is 1.93 bits per heavy atom. The molecule has 0 amide bonds. The van der Waals surface area contributed by atoms with Crippen LogP contribution in [0.2, 0.25) is 0 Å². The number of hydrogen-bond acceptors (Lipinski definition) is 2. The summed E-state index contributed by atoms with van der Waals surface area (Å²) in [5.41, 5.74) is 7.89. The zero-order valence-corrected chi connectivity index (χ0v) is 8.18. The summed E-state index contributed by atoms with van der Waals surface area (Å²) in [5.74, 6) is 0.469. The average Bonchev–Trinajstić information content (AvgIpc) is 2.09. The van der Waals surface area contributed by atoms with Gasteiger partial charge in [0.05, 0.1) is 0 Å². The van der Waals surface area contributed by atoms with Crippen LogP contribution in [0.25, 0.3) is 0 Å². The van der Waals surface area contributed by atoms with Gasteiger partial charge in [0, 0.05) is 5.69 Å². The summed E-state index contributed by atoms with van der Waals surface area (Å²) in [4.78, 5) is 0. The van der Waals surface area contributed by atoms with Crippen LogP contribution in [0.4, 0.5) is 14.5 Å². The molecule has 1 aromatic carbocycles. The summed E-state index contributed by atoms with van der Waals surface area (Å²) in [6.45, 7) is 3.00. The van der Waals surface area contributed by atoms with Crippen LogP contribution in [0.1, 0.15) is 11.1 Å². The van der Waals surface area contributed by atoms with E-state index in [1.165, 1.54) is 0 Å². The first kappa shape index (κ1) is 10.8. The Bertz CT molecular complexity index is 326. The first-order valence-electron chi connectivity index (χ1n) is 4.28. The number of ether oxygens (including phenoxy) is 1. The Kier molecular flexibility index (Phi) is 3.28. The fraction of sp³-hybridized carbons (Fsp3) is 0.400. The molecule has 0 aliphatic rings. The number of alkyl halides is 2. The van der Waals surface area contributed by atoms with E-state index < -0.39 is 13.0 Å². The van der Waals surface area contributed by atoms with Gasteiger partial charge >= 0.3 is 0 Å². The lowest BCUT2D eigenvalue weighted by atomic mass is 10.1. The molecule has 0 aliphatic heterocycles. The minimum atomic E-state index is -2.45. The molecule has 0 aromatic heterocycles. The number of nitrogens with two attached hydrogens (primary N) is 1. The van der Waals surface area contributed by atoms with E-state index in [0.717, 1.165) is 11.1 Å². The molecule has 2 nitrogen and oxygen atoms in total. The highest BCUT2D eigenvalue weighted by Crippen LogP contribution is 2.24. The number of benzene rings is 1. The highest BCUT2D eigenvalue weighted by Gasteiger charge is 2.07. The van der Waals surface area contributed by atoms with Crippen molar-refractivity contribution >= 4 is 5.69 Å². The maximum atomic E-state index is 11.9. The third kappa shape index (κ3) is 2.58. The Morgan fingerprint density at radius 1 is 1.29 bits per heavy atom. The van der Waals surface area contributed by atoms with Crippen molar-refractivity contribution in [2.45, 2.75) is 20.3 Å². The Balaban J connectivity index is 2.82. The maximum Gasteiger partial charge on any atom is 0.272 e. The molecule has 0 heterocycles. The molecule has 4 heteroatoms. The number of hydrogen-bond donors (Lipinski definition) is 1. The normalized spacial score (nSPS) is 10.6. The predicted octanol–water partition coefficient (Wildman–Crippen LogP) is 2.53. The van der Waals surface area contributed by atoms with Gasteiger partial charge in [-0.15, -0.1) is 0 Å².